The van der Waals surface area contributed by atoms with Crippen LogP contribution < -0.4 is 5.73 Å². The lowest BCUT2D eigenvalue weighted by Crippen LogP contribution is -2.50. The monoisotopic (exact) mass is 211 g/mol. The van der Waals surface area contributed by atoms with Gasteiger partial charge in [-0.2, -0.15) is 5.26 Å². The van der Waals surface area contributed by atoms with Crippen molar-refractivity contribution < 1.29 is 4.74 Å². The Hall–Kier alpha value is -0.630. The lowest BCUT2D eigenvalue weighted by molar-refractivity contribution is 0.172. The van der Waals surface area contributed by atoms with Crippen LogP contribution in [0, 0.1) is 17.2 Å². The third kappa shape index (κ3) is 3.78. The Balaban J connectivity index is 2.29. The van der Waals surface area contributed by atoms with E-state index >= 15 is 0 Å². The molecule has 15 heavy (non-hydrogen) atoms. The maximum atomic E-state index is 9.09. The summed E-state index contributed by atoms with van der Waals surface area (Å²) >= 11 is 0. The van der Waals surface area contributed by atoms with Gasteiger partial charge in [0.25, 0.3) is 0 Å². The van der Waals surface area contributed by atoms with E-state index in [4.69, 9.17) is 15.7 Å². The van der Waals surface area contributed by atoms with Crippen molar-refractivity contribution in [1.82, 2.24) is 4.90 Å². The van der Waals surface area contributed by atoms with Crippen molar-refractivity contribution >= 4 is 0 Å². The Morgan fingerprint density at radius 2 is 2.27 bits per heavy atom. The SMILES string of the molecule is COCCCN(C)CC(N)(C#N)C1CC1. The number of nitrogens with two attached hydrogens (primary N) is 1. The van der Waals surface area contributed by atoms with Crippen LogP contribution in [0.2, 0.25) is 0 Å². The topological polar surface area (TPSA) is 62.3 Å². The second-order valence-corrected chi connectivity index (χ2v) is 4.51. The van der Waals surface area contributed by atoms with Crippen molar-refractivity contribution in [2.45, 2.75) is 24.8 Å². The Morgan fingerprint density at radius 1 is 1.60 bits per heavy atom. The van der Waals surface area contributed by atoms with Crippen LogP contribution in [0.5, 0.6) is 0 Å². The molecule has 86 valence electrons. The van der Waals surface area contributed by atoms with Crippen molar-refractivity contribution in [2.75, 3.05) is 33.9 Å². The predicted octanol–water partition coefficient (Wildman–Crippen LogP) is 0.586. The molecule has 1 atom stereocenters. The molecular weight excluding hydrogens is 190 g/mol. The van der Waals surface area contributed by atoms with Crippen LogP contribution in [-0.2, 0) is 4.74 Å². The highest BCUT2D eigenvalue weighted by Crippen LogP contribution is 2.38. The van der Waals surface area contributed by atoms with Crippen molar-refractivity contribution in [3.05, 3.63) is 0 Å². The summed E-state index contributed by atoms with van der Waals surface area (Å²) in [6, 6.07) is 2.27. The molecule has 4 nitrogen and oxygen atoms in total. The van der Waals surface area contributed by atoms with E-state index < -0.39 is 5.54 Å². The molecule has 1 unspecified atom stereocenters. The molecule has 1 rings (SSSR count). The fourth-order valence-electron chi connectivity index (χ4n) is 1.86. The predicted molar refractivity (Wildman–Crippen MR) is 59.2 cm³/mol. The molecule has 0 heterocycles. The van der Waals surface area contributed by atoms with Crippen LogP contribution in [0.25, 0.3) is 0 Å². The first-order valence-electron chi connectivity index (χ1n) is 5.50. The molecule has 2 N–H and O–H groups in total. The van der Waals surface area contributed by atoms with Gasteiger partial charge in [-0.05, 0) is 32.2 Å². The van der Waals surface area contributed by atoms with Crippen molar-refractivity contribution in [1.29, 1.82) is 5.26 Å². The molecule has 4 heteroatoms. The lowest BCUT2D eigenvalue weighted by Gasteiger charge is -2.27. The van der Waals surface area contributed by atoms with Gasteiger partial charge in [-0.15, -0.1) is 0 Å². The Labute approximate surface area is 92.0 Å². The molecule has 0 aromatic rings. The fourth-order valence-corrected chi connectivity index (χ4v) is 1.86. The summed E-state index contributed by atoms with van der Waals surface area (Å²) in [6.45, 7) is 2.36. The van der Waals surface area contributed by atoms with Crippen LogP contribution in [0.4, 0.5) is 0 Å². The standard InChI is InChI=1S/C11H21N3O/c1-14(6-3-7-15-2)9-11(13,8-12)10-4-5-10/h10H,3-7,9,13H2,1-2H3. The molecule has 0 spiro atoms. The summed E-state index contributed by atoms with van der Waals surface area (Å²) in [5, 5.41) is 9.09. The molecule has 1 aliphatic carbocycles. The van der Waals surface area contributed by atoms with Gasteiger partial charge in [-0.3, -0.25) is 0 Å². The van der Waals surface area contributed by atoms with Gasteiger partial charge in [0, 0.05) is 26.8 Å². The first-order chi connectivity index (χ1) is 7.12. The minimum absolute atomic E-state index is 0.410. The smallest absolute Gasteiger partial charge is 0.119 e. The van der Waals surface area contributed by atoms with Crippen LogP contribution in [-0.4, -0.2) is 44.3 Å². The van der Waals surface area contributed by atoms with Gasteiger partial charge in [-0.25, -0.2) is 0 Å². The molecule has 0 aliphatic heterocycles. The van der Waals surface area contributed by atoms with Crippen LogP contribution >= 0.6 is 0 Å². The summed E-state index contributed by atoms with van der Waals surface area (Å²) in [5.74, 6) is 0.410. The maximum absolute atomic E-state index is 9.09. The number of hydrogen-bond acceptors (Lipinski definition) is 4. The summed E-state index contributed by atoms with van der Waals surface area (Å²) in [4.78, 5) is 2.13. The maximum Gasteiger partial charge on any atom is 0.119 e. The molecule has 0 amide bonds. The molecule has 1 aliphatic rings. The van der Waals surface area contributed by atoms with E-state index in [0.29, 0.717) is 12.5 Å². The molecule has 0 aromatic carbocycles. The van der Waals surface area contributed by atoms with Crippen LogP contribution in [0.1, 0.15) is 19.3 Å². The highest BCUT2D eigenvalue weighted by atomic mass is 16.5. The third-order valence-electron chi connectivity index (χ3n) is 2.93. The minimum atomic E-state index is -0.637. The number of ether oxygens (including phenoxy) is 1. The van der Waals surface area contributed by atoms with Crippen LogP contribution in [0.15, 0.2) is 0 Å². The number of nitriles is 1. The Morgan fingerprint density at radius 3 is 2.73 bits per heavy atom. The van der Waals surface area contributed by atoms with E-state index in [1.165, 1.54) is 0 Å². The molecule has 0 radical (unpaired) electrons. The van der Waals surface area contributed by atoms with Gasteiger partial charge in [0.15, 0.2) is 0 Å². The largest absolute Gasteiger partial charge is 0.385 e. The molecule has 0 aromatic heterocycles. The van der Waals surface area contributed by atoms with Gasteiger partial charge in [0.05, 0.1) is 6.07 Å². The zero-order valence-electron chi connectivity index (χ0n) is 9.70. The second kappa shape index (κ2) is 5.45. The van der Waals surface area contributed by atoms with E-state index in [9.17, 15) is 0 Å². The highest BCUT2D eigenvalue weighted by Gasteiger charge is 2.43. The first kappa shape index (κ1) is 12.4. The average molecular weight is 211 g/mol. The Bertz CT molecular complexity index is 234. The van der Waals surface area contributed by atoms with E-state index in [1.54, 1.807) is 7.11 Å². The minimum Gasteiger partial charge on any atom is -0.385 e. The summed E-state index contributed by atoms with van der Waals surface area (Å²) in [7, 11) is 3.71. The third-order valence-corrected chi connectivity index (χ3v) is 2.93. The molecule has 1 fully saturated rings. The van der Waals surface area contributed by atoms with Gasteiger partial charge < -0.3 is 15.4 Å². The van der Waals surface area contributed by atoms with Gasteiger partial charge in [0.2, 0.25) is 0 Å². The van der Waals surface area contributed by atoms with Crippen molar-refractivity contribution in [3.63, 3.8) is 0 Å². The molecule has 0 bridgehead atoms. The normalized spacial score (nSPS) is 19.9. The molecule has 0 saturated heterocycles. The number of methoxy groups -OCH3 is 1. The number of nitrogens with zero attached hydrogens (tertiary/aromatic N) is 2. The average Bonchev–Trinajstić information content (AvgIpc) is 3.01. The summed E-state index contributed by atoms with van der Waals surface area (Å²) in [5.41, 5.74) is 5.44. The zero-order chi connectivity index (χ0) is 11.3. The highest BCUT2D eigenvalue weighted by molar-refractivity contribution is 5.14. The fraction of sp³-hybridized carbons (Fsp3) is 0.909. The summed E-state index contributed by atoms with van der Waals surface area (Å²) < 4.78 is 4.99. The van der Waals surface area contributed by atoms with Crippen molar-refractivity contribution in [3.8, 4) is 6.07 Å². The zero-order valence-corrected chi connectivity index (χ0v) is 9.70. The second-order valence-electron chi connectivity index (χ2n) is 4.51. The number of likely N-dealkylation sites (N-methyl/N-ethyl adjacent to an activating group) is 1. The van der Waals surface area contributed by atoms with Crippen LogP contribution in [0.3, 0.4) is 0 Å². The lowest BCUT2D eigenvalue weighted by atomic mass is 9.96. The van der Waals surface area contributed by atoms with E-state index in [-0.39, 0.29) is 0 Å². The Kier molecular flexibility index (Phi) is 4.52. The van der Waals surface area contributed by atoms with E-state index in [1.807, 2.05) is 7.05 Å². The van der Waals surface area contributed by atoms with Gasteiger partial charge >= 0.3 is 0 Å². The molecule has 1 saturated carbocycles. The number of rotatable bonds is 7. The molecular formula is C11H21N3O. The summed E-state index contributed by atoms with van der Waals surface area (Å²) in [6.07, 6.45) is 3.20. The van der Waals surface area contributed by atoms with E-state index in [0.717, 1.165) is 32.4 Å². The van der Waals surface area contributed by atoms with Gasteiger partial charge in [-0.1, -0.05) is 0 Å². The van der Waals surface area contributed by atoms with E-state index in [2.05, 4.69) is 11.0 Å². The number of hydrogen-bond donors (Lipinski definition) is 1. The van der Waals surface area contributed by atoms with Crippen molar-refractivity contribution in [2.24, 2.45) is 11.7 Å². The van der Waals surface area contributed by atoms with Gasteiger partial charge in [0.1, 0.15) is 5.54 Å². The quantitative estimate of drug-likeness (QED) is 0.626. The first-order valence-corrected chi connectivity index (χ1v) is 5.50.